The highest BCUT2D eigenvalue weighted by Gasteiger charge is 2.36. The molecule has 3 aromatic rings. The van der Waals surface area contributed by atoms with Crippen LogP contribution in [0.15, 0.2) is 54.6 Å². The Labute approximate surface area is 243 Å². The minimum Gasteiger partial charge on any atom is -0.464 e. The molecule has 0 spiro atoms. The third kappa shape index (κ3) is 7.25. The quantitative estimate of drug-likeness (QED) is 0.209. The zero-order chi connectivity index (χ0) is 29.7. The molecule has 1 aliphatic heterocycles. The van der Waals surface area contributed by atoms with Crippen molar-refractivity contribution in [2.24, 2.45) is 0 Å². The van der Waals surface area contributed by atoms with E-state index >= 15 is 0 Å². The lowest BCUT2D eigenvalue weighted by atomic mass is 9.85. The summed E-state index contributed by atoms with van der Waals surface area (Å²) < 4.78 is 17.6. The standard InChI is InChI=1S/C35H41NO5/c1-8-39-33(37)32(41-35(5,6)7)31-25(4)30-21-36(34(38)40-22-27-12-10-9-11-13-27)20-29(30)24(3)28(31)19-18-26-16-14-23(2)15-17-26/h9-19,32H,8,20-22H2,1-7H3/b19-18+/t32-/m0/s1. The summed E-state index contributed by atoms with van der Waals surface area (Å²) in [5.74, 6) is -0.424. The number of hydrogen-bond acceptors (Lipinski definition) is 5. The predicted molar refractivity (Wildman–Crippen MR) is 162 cm³/mol. The molecule has 3 aromatic carbocycles. The Kier molecular flexibility index (Phi) is 9.34. The van der Waals surface area contributed by atoms with Crippen molar-refractivity contribution < 1.29 is 23.8 Å². The third-order valence-electron chi connectivity index (χ3n) is 7.28. The average molecular weight is 556 g/mol. The van der Waals surface area contributed by atoms with Crippen LogP contribution in [0.4, 0.5) is 4.79 Å². The summed E-state index contributed by atoms with van der Waals surface area (Å²) in [5.41, 5.74) is 8.29. The number of amides is 1. The van der Waals surface area contributed by atoms with Crippen molar-refractivity contribution in [3.8, 4) is 0 Å². The Morgan fingerprint density at radius 3 is 2.12 bits per heavy atom. The molecule has 0 bridgehead atoms. The number of hydrogen-bond donors (Lipinski definition) is 0. The van der Waals surface area contributed by atoms with Crippen LogP contribution in [0.2, 0.25) is 0 Å². The van der Waals surface area contributed by atoms with Crippen molar-refractivity contribution in [3.63, 3.8) is 0 Å². The Morgan fingerprint density at radius 2 is 1.51 bits per heavy atom. The molecule has 1 heterocycles. The van der Waals surface area contributed by atoms with Gasteiger partial charge in [-0.05, 0) is 87.4 Å². The number of aryl methyl sites for hydroxylation is 1. The molecule has 6 heteroatoms. The van der Waals surface area contributed by atoms with Crippen molar-refractivity contribution >= 4 is 24.2 Å². The molecule has 41 heavy (non-hydrogen) atoms. The minimum atomic E-state index is -0.921. The molecule has 0 saturated heterocycles. The van der Waals surface area contributed by atoms with E-state index in [2.05, 4.69) is 50.3 Å². The van der Waals surface area contributed by atoms with Crippen LogP contribution in [0.1, 0.15) is 83.9 Å². The van der Waals surface area contributed by atoms with Gasteiger partial charge in [-0.25, -0.2) is 9.59 Å². The molecule has 0 fully saturated rings. The normalized spacial score (nSPS) is 13.8. The van der Waals surface area contributed by atoms with Crippen LogP contribution < -0.4 is 0 Å². The monoisotopic (exact) mass is 555 g/mol. The SMILES string of the molecule is CCOC(=O)[C@@H](OC(C)(C)C)c1c(C)c2c(c(C)c1/C=C/c1ccc(C)cc1)CN(C(=O)OCc1ccccc1)C2. The maximum atomic E-state index is 13.4. The van der Waals surface area contributed by atoms with Crippen molar-refractivity contribution in [2.75, 3.05) is 6.61 Å². The first kappa shape index (κ1) is 30.1. The van der Waals surface area contributed by atoms with Gasteiger partial charge in [-0.3, -0.25) is 4.90 Å². The lowest BCUT2D eigenvalue weighted by Crippen LogP contribution is -2.30. The number of rotatable bonds is 8. The lowest BCUT2D eigenvalue weighted by Gasteiger charge is -2.30. The Balaban J connectivity index is 1.76. The Bertz CT molecular complexity index is 1420. The van der Waals surface area contributed by atoms with E-state index in [4.69, 9.17) is 14.2 Å². The largest absolute Gasteiger partial charge is 0.464 e. The molecular weight excluding hydrogens is 514 g/mol. The lowest BCUT2D eigenvalue weighted by molar-refractivity contribution is -0.166. The van der Waals surface area contributed by atoms with Crippen LogP contribution in [-0.4, -0.2) is 29.2 Å². The summed E-state index contributed by atoms with van der Waals surface area (Å²) in [6.07, 6.45) is 2.82. The van der Waals surface area contributed by atoms with Gasteiger partial charge in [0.2, 0.25) is 0 Å². The molecule has 0 radical (unpaired) electrons. The highest BCUT2D eigenvalue weighted by molar-refractivity contribution is 5.83. The second-order valence-electron chi connectivity index (χ2n) is 11.5. The van der Waals surface area contributed by atoms with Crippen molar-refractivity contribution in [3.05, 3.63) is 105 Å². The van der Waals surface area contributed by atoms with Gasteiger partial charge in [0.25, 0.3) is 0 Å². The van der Waals surface area contributed by atoms with Gasteiger partial charge in [-0.1, -0.05) is 72.3 Å². The van der Waals surface area contributed by atoms with Gasteiger partial charge in [-0.15, -0.1) is 0 Å². The van der Waals surface area contributed by atoms with Gasteiger partial charge in [0.1, 0.15) is 6.61 Å². The molecule has 0 saturated carbocycles. The van der Waals surface area contributed by atoms with Gasteiger partial charge < -0.3 is 14.2 Å². The molecule has 0 unspecified atom stereocenters. The molecule has 6 nitrogen and oxygen atoms in total. The average Bonchev–Trinajstić information content (AvgIpc) is 3.39. The molecule has 1 amide bonds. The van der Waals surface area contributed by atoms with E-state index in [9.17, 15) is 9.59 Å². The fourth-order valence-electron chi connectivity index (χ4n) is 5.19. The van der Waals surface area contributed by atoms with Crippen LogP contribution in [0.5, 0.6) is 0 Å². The minimum absolute atomic E-state index is 0.213. The first-order valence-electron chi connectivity index (χ1n) is 14.2. The van der Waals surface area contributed by atoms with E-state index in [0.29, 0.717) is 13.1 Å². The van der Waals surface area contributed by atoms with E-state index in [1.807, 2.05) is 58.0 Å². The van der Waals surface area contributed by atoms with Crippen molar-refractivity contribution in [1.82, 2.24) is 4.90 Å². The summed E-state index contributed by atoms with van der Waals surface area (Å²) in [5, 5.41) is 0. The van der Waals surface area contributed by atoms with E-state index in [1.165, 1.54) is 5.56 Å². The number of esters is 1. The van der Waals surface area contributed by atoms with Crippen LogP contribution in [-0.2, 0) is 38.7 Å². The molecule has 0 aliphatic carbocycles. The number of benzene rings is 3. The number of carbonyl (C=O) groups is 2. The van der Waals surface area contributed by atoms with Gasteiger partial charge in [0, 0.05) is 18.7 Å². The van der Waals surface area contributed by atoms with Crippen molar-refractivity contribution in [2.45, 2.75) is 79.9 Å². The summed E-state index contributed by atoms with van der Waals surface area (Å²) in [6.45, 7) is 15.0. The smallest absolute Gasteiger partial charge is 0.410 e. The molecule has 1 atom stereocenters. The number of ether oxygens (including phenoxy) is 3. The molecule has 0 aromatic heterocycles. The van der Waals surface area contributed by atoms with E-state index in [1.54, 1.807) is 11.8 Å². The third-order valence-corrected chi connectivity index (χ3v) is 7.28. The van der Waals surface area contributed by atoms with Gasteiger partial charge >= 0.3 is 12.1 Å². The maximum Gasteiger partial charge on any atom is 0.410 e. The van der Waals surface area contributed by atoms with Crippen LogP contribution >= 0.6 is 0 Å². The zero-order valence-corrected chi connectivity index (χ0v) is 25.2. The topological polar surface area (TPSA) is 65.1 Å². The second-order valence-corrected chi connectivity index (χ2v) is 11.5. The number of nitrogens with zero attached hydrogens (tertiary/aromatic N) is 1. The second kappa shape index (κ2) is 12.7. The molecule has 0 N–H and O–H groups in total. The molecular formula is C35H41NO5. The molecule has 216 valence electrons. The number of fused-ring (bicyclic) bond motifs is 1. The van der Waals surface area contributed by atoms with Crippen LogP contribution in [0.25, 0.3) is 12.2 Å². The van der Waals surface area contributed by atoms with Crippen LogP contribution in [0, 0.1) is 20.8 Å². The summed E-state index contributed by atoms with van der Waals surface area (Å²) in [7, 11) is 0. The maximum absolute atomic E-state index is 13.4. The first-order chi connectivity index (χ1) is 19.5. The Morgan fingerprint density at radius 1 is 0.878 bits per heavy atom. The molecule has 4 rings (SSSR count). The summed E-state index contributed by atoms with van der Waals surface area (Å²) in [6, 6.07) is 17.9. The fourth-order valence-corrected chi connectivity index (χ4v) is 5.19. The molecule has 1 aliphatic rings. The zero-order valence-electron chi connectivity index (χ0n) is 25.2. The van der Waals surface area contributed by atoms with E-state index in [0.717, 1.165) is 44.5 Å². The first-order valence-corrected chi connectivity index (χ1v) is 14.2. The summed E-state index contributed by atoms with van der Waals surface area (Å²) >= 11 is 0. The summed E-state index contributed by atoms with van der Waals surface area (Å²) in [4.78, 5) is 28.2. The van der Waals surface area contributed by atoms with Gasteiger partial charge in [0.15, 0.2) is 6.10 Å². The predicted octanol–water partition coefficient (Wildman–Crippen LogP) is 7.85. The van der Waals surface area contributed by atoms with Crippen molar-refractivity contribution in [1.29, 1.82) is 0 Å². The van der Waals surface area contributed by atoms with E-state index in [-0.39, 0.29) is 19.3 Å². The highest BCUT2D eigenvalue weighted by atomic mass is 16.6. The van der Waals surface area contributed by atoms with Crippen LogP contribution in [0.3, 0.4) is 0 Å². The van der Waals surface area contributed by atoms with Gasteiger partial charge in [0.05, 0.1) is 12.2 Å². The number of carbonyl (C=O) groups excluding carboxylic acids is 2. The highest BCUT2D eigenvalue weighted by Crippen LogP contribution is 2.40. The van der Waals surface area contributed by atoms with E-state index < -0.39 is 17.7 Å². The fraction of sp³-hybridized carbons (Fsp3) is 0.371. The van der Waals surface area contributed by atoms with Gasteiger partial charge in [-0.2, -0.15) is 0 Å². The Hall–Kier alpha value is -3.90.